The van der Waals surface area contributed by atoms with E-state index in [1.807, 2.05) is 0 Å². The molecule has 0 N–H and O–H groups in total. The highest BCUT2D eigenvalue weighted by molar-refractivity contribution is 5.97. The highest BCUT2D eigenvalue weighted by Gasteiger charge is 2.14. The summed E-state index contributed by atoms with van der Waals surface area (Å²) in [5.74, 6) is 0.00579. The Labute approximate surface area is 56.4 Å². The molecule has 1 aliphatic rings. The molecule has 0 aromatic carbocycles. The summed E-state index contributed by atoms with van der Waals surface area (Å²) in [6.45, 7) is 0.543. The maximum atomic E-state index is 10.8. The molecular weight excluding hydrogens is 132 g/mol. The van der Waals surface area contributed by atoms with E-state index in [4.69, 9.17) is 0 Å². The summed E-state index contributed by atoms with van der Waals surface area (Å²) in [6.07, 6.45) is 2.87. The predicted molar refractivity (Wildman–Crippen MR) is 32.8 cm³/mol. The van der Waals surface area contributed by atoms with Crippen molar-refractivity contribution in [3.8, 4) is 0 Å². The fourth-order valence-electron chi connectivity index (χ4n) is 0.822. The number of hydrogen-bond acceptors (Lipinski definition) is 3. The first-order valence-electron chi connectivity index (χ1n) is 2.82. The minimum Gasteiger partial charge on any atom is -0.263 e. The molecule has 0 atom stereocenters. The van der Waals surface area contributed by atoms with Gasteiger partial charge in [-0.2, -0.15) is 5.10 Å². The predicted octanol–water partition coefficient (Wildman–Crippen LogP) is -0.497. The molecule has 0 saturated heterocycles. The molecule has 1 aliphatic heterocycles. The minimum absolute atomic E-state index is 0.316. The lowest BCUT2D eigenvalue weighted by atomic mass is 10.5. The van der Waals surface area contributed by atoms with Crippen LogP contribution in [0.3, 0.4) is 0 Å². The maximum Gasteiger partial charge on any atom is 0.314 e. The lowest BCUT2D eigenvalue weighted by molar-refractivity contribution is 0.0985. The first kappa shape index (κ1) is 5.28. The summed E-state index contributed by atoms with van der Waals surface area (Å²) in [4.78, 5) is 18.1. The molecule has 0 bridgehead atoms. The average Bonchev–Trinajstić information content (AvgIpc) is 2.36. The molecule has 5 nitrogen and oxygen atoms in total. The molecule has 2 rings (SSSR count). The van der Waals surface area contributed by atoms with Gasteiger partial charge >= 0.3 is 5.91 Å². The Balaban J connectivity index is 2.58. The smallest absolute Gasteiger partial charge is 0.263 e. The number of fused-ring (bicyclic) bond motifs is 1. The third kappa shape index (κ3) is 0.570. The van der Waals surface area contributed by atoms with E-state index >= 15 is 0 Å². The molecular formula is C5H4N4O. The Hall–Kier alpha value is -1.52. The molecule has 10 heavy (non-hydrogen) atoms. The van der Waals surface area contributed by atoms with E-state index in [1.54, 1.807) is 0 Å². The van der Waals surface area contributed by atoms with Crippen molar-refractivity contribution in [2.45, 2.75) is 6.54 Å². The Morgan fingerprint density at radius 3 is 3.30 bits per heavy atom. The van der Waals surface area contributed by atoms with Crippen molar-refractivity contribution in [1.29, 1.82) is 0 Å². The Morgan fingerprint density at radius 1 is 1.60 bits per heavy atom. The number of carbonyl (C=O) groups excluding carboxylic acids is 1. The molecule has 0 fully saturated rings. The van der Waals surface area contributed by atoms with Gasteiger partial charge in [0.15, 0.2) is 0 Å². The largest absolute Gasteiger partial charge is 0.314 e. The molecule has 0 spiro atoms. The second kappa shape index (κ2) is 1.73. The molecule has 1 aromatic rings. The summed E-state index contributed by atoms with van der Waals surface area (Å²) < 4.78 is 1.51. The average molecular weight is 136 g/mol. The number of amides is 1. The molecule has 0 saturated carbocycles. The van der Waals surface area contributed by atoms with Gasteiger partial charge in [-0.1, -0.05) is 0 Å². The SMILES string of the molecule is O=C1N=CCn2ncnc21. The highest BCUT2D eigenvalue weighted by atomic mass is 16.1. The number of carbonyl (C=O) groups is 1. The van der Waals surface area contributed by atoms with Crippen LogP contribution in [0.25, 0.3) is 0 Å². The van der Waals surface area contributed by atoms with Crippen molar-refractivity contribution < 1.29 is 4.79 Å². The van der Waals surface area contributed by atoms with Crippen LogP contribution in [-0.2, 0) is 6.54 Å². The van der Waals surface area contributed by atoms with Crippen molar-refractivity contribution in [1.82, 2.24) is 14.8 Å². The normalized spacial score (nSPS) is 15.4. The van der Waals surface area contributed by atoms with Crippen LogP contribution in [0.1, 0.15) is 10.6 Å². The number of rotatable bonds is 0. The van der Waals surface area contributed by atoms with Gasteiger partial charge < -0.3 is 0 Å². The van der Waals surface area contributed by atoms with Gasteiger partial charge in [0.05, 0.1) is 6.54 Å². The molecule has 1 amide bonds. The molecule has 5 heteroatoms. The monoisotopic (exact) mass is 136 g/mol. The topological polar surface area (TPSA) is 60.1 Å². The van der Waals surface area contributed by atoms with Crippen LogP contribution < -0.4 is 0 Å². The zero-order valence-electron chi connectivity index (χ0n) is 5.06. The van der Waals surface area contributed by atoms with Gasteiger partial charge in [0.25, 0.3) is 0 Å². The molecule has 2 heterocycles. The van der Waals surface area contributed by atoms with E-state index in [0.717, 1.165) is 0 Å². The van der Waals surface area contributed by atoms with Crippen molar-refractivity contribution in [3.63, 3.8) is 0 Å². The van der Waals surface area contributed by atoms with Crippen molar-refractivity contribution in [2.24, 2.45) is 4.99 Å². The van der Waals surface area contributed by atoms with E-state index in [0.29, 0.717) is 12.4 Å². The van der Waals surface area contributed by atoms with Gasteiger partial charge in [-0.25, -0.2) is 14.7 Å². The van der Waals surface area contributed by atoms with Gasteiger partial charge in [-0.15, -0.1) is 0 Å². The number of aromatic nitrogens is 3. The van der Waals surface area contributed by atoms with Gasteiger partial charge in [0, 0.05) is 6.21 Å². The van der Waals surface area contributed by atoms with Crippen LogP contribution in [-0.4, -0.2) is 26.9 Å². The van der Waals surface area contributed by atoms with Crippen LogP contribution in [0.4, 0.5) is 0 Å². The van der Waals surface area contributed by atoms with Gasteiger partial charge in [0.2, 0.25) is 5.82 Å². The van der Waals surface area contributed by atoms with Crippen LogP contribution >= 0.6 is 0 Å². The number of aliphatic imine (C=N–C) groups is 1. The molecule has 0 radical (unpaired) electrons. The molecule has 1 aromatic heterocycles. The van der Waals surface area contributed by atoms with Gasteiger partial charge in [-0.3, -0.25) is 4.79 Å². The first-order valence-corrected chi connectivity index (χ1v) is 2.82. The highest BCUT2D eigenvalue weighted by Crippen LogP contribution is 1.99. The number of hydrogen-bond donors (Lipinski definition) is 0. The van der Waals surface area contributed by atoms with E-state index in [2.05, 4.69) is 15.1 Å². The van der Waals surface area contributed by atoms with Crippen LogP contribution in [0, 0.1) is 0 Å². The summed E-state index contributed by atoms with van der Waals surface area (Å²) in [5.41, 5.74) is 0. The standard InChI is InChI=1S/C5H4N4O/c10-5-4-7-3-8-9(4)2-1-6-5/h1,3H,2H2. The summed E-state index contributed by atoms with van der Waals surface area (Å²) >= 11 is 0. The van der Waals surface area contributed by atoms with Gasteiger partial charge in [-0.05, 0) is 0 Å². The van der Waals surface area contributed by atoms with Crippen LogP contribution in [0.15, 0.2) is 11.3 Å². The van der Waals surface area contributed by atoms with Crippen LogP contribution in [0.5, 0.6) is 0 Å². The third-order valence-electron chi connectivity index (χ3n) is 1.27. The summed E-state index contributed by atoms with van der Waals surface area (Å²) in [7, 11) is 0. The van der Waals surface area contributed by atoms with E-state index in [-0.39, 0.29) is 5.91 Å². The van der Waals surface area contributed by atoms with Crippen molar-refractivity contribution >= 4 is 12.1 Å². The molecule has 0 unspecified atom stereocenters. The molecule has 0 aliphatic carbocycles. The lowest BCUT2D eigenvalue weighted by Gasteiger charge is -2.01. The third-order valence-corrected chi connectivity index (χ3v) is 1.27. The lowest BCUT2D eigenvalue weighted by Crippen LogP contribution is -2.16. The zero-order chi connectivity index (χ0) is 6.97. The molecule has 50 valence electrons. The van der Waals surface area contributed by atoms with E-state index < -0.39 is 0 Å². The Kier molecular flexibility index (Phi) is 0.913. The van der Waals surface area contributed by atoms with Gasteiger partial charge in [0.1, 0.15) is 6.33 Å². The Bertz CT molecular complexity index is 300. The summed E-state index contributed by atoms with van der Waals surface area (Å²) in [6, 6.07) is 0. The first-order chi connectivity index (χ1) is 4.88. The second-order valence-corrected chi connectivity index (χ2v) is 1.88. The second-order valence-electron chi connectivity index (χ2n) is 1.88. The quantitative estimate of drug-likeness (QED) is 0.483. The van der Waals surface area contributed by atoms with E-state index in [1.165, 1.54) is 17.2 Å². The van der Waals surface area contributed by atoms with E-state index in [9.17, 15) is 4.79 Å². The Morgan fingerprint density at radius 2 is 2.50 bits per heavy atom. The fourth-order valence-corrected chi connectivity index (χ4v) is 0.822. The maximum absolute atomic E-state index is 10.8. The van der Waals surface area contributed by atoms with Crippen LogP contribution in [0.2, 0.25) is 0 Å². The van der Waals surface area contributed by atoms with Crippen molar-refractivity contribution in [3.05, 3.63) is 12.2 Å². The minimum atomic E-state index is -0.316. The zero-order valence-corrected chi connectivity index (χ0v) is 5.06. The summed E-state index contributed by atoms with van der Waals surface area (Å²) in [5, 5.41) is 3.80. The van der Waals surface area contributed by atoms with Crippen molar-refractivity contribution in [2.75, 3.05) is 0 Å². The fraction of sp³-hybridized carbons (Fsp3) is 0.200. The number of nitrogens with zero attached hydrogens (tertiary/aromatic N) is 4.